The van der Waals surface area contributed by atoms with E-state index in [1.165, 1.54) is 0 Å². The number of rotatable bonds is 3. The molecule has 4 nitrogen and oxygen atoms in total. The molecule has 2 unspecified atom stereocenters. The maximum atomic E-state index is 6.17. The number of hydrogen-bond acceptors (Lipinski definition) is 5. The summed E-state index contributed by atoms with van der Waals surface area (Å²) >= 11 is 1.68. The Labute approximate surface area is 100 Å². The van der Waals surface area contributed by atoms with Crippen LogP contribution in [0.5, 0.6) is 0 Å². The van der Waals surface area contributed by atoms with Crippen LogP contribution in [0.25, 0.3) is 0 Å². The maximum Gasteiger partial charge on any atom is 0.0944 e. The molecular formula is C11H19N3OS. The Bertz CT molecular complexity index is 342. The van der Waals surface area contributed by atoms with Crippen molar-refractivity contribution in [1.29, 1.82) is 0 Å². The second kappa shape index (κ2) is 5.23. The molecule has 0 saturated carbocycles. The van der Waals surface area contributed by atoms with Crippen LogP contribution in [0.1, 0.15) is 10.7 Å². The van der Waals surface area contributed by atoms with E-state index in [4.69, 9.17) is 10.5 Å². The predicted molar refractivity (Wildman–Crippen MR) is 65.8 cm³/mol. The summed E-state index contributed by atoms with van der Waals surface area (Å²) in [4.78, 5) is 6.70. The number of aromatic nitrogens is 1. The monoisotopic (exact) mass is 241 g/mol. The van der Waals surface area contributed by atoms with E-state index >= 15 is 0 Å². The molecule has 90 valence electrons. The van der Waals surface area contributed by atoms with E-state index in [2.05, 4.69) is 22.3 Å². The number of thiazole rings is 1. The van der Waals surface area contributed by atoms with Gasteiger partial charge in [-0.1, -0.05) is 0 Å². The van der Waals surface area contributed by atoms with Crippen LogP contribution >= 0.6 is 11.3 Å². The second-order valence-electron chi connectivity index (χ2n) is 4.42. The lowest BCUT2D eigenvalue weighted by atomic mass is 10.1. The minimum atomic E-state index is 0.0494. The highest BCUT2D eigenvalue weighted by molar-refractivity contribution is 7.09. The van der Waals surface area contributed by atoms with Crippen molar-refractivity contribution < 1.29 is 4.74 Å². The summed E-state index contributed by atoms with van der Waals surface area (Å²) in [5, 5.41) is 3.18. The van der Waals surface area contributed by atoms with Gasteiger partial charge in [0, 0.05) is 36.6 Å². The molecule has 2 N–H and O–H groups in total. The van der Waals surface area contributed by atoms with E-state index in [-0.39, 0.29) is 12.1 Å². The summed E-state index contributed by atoms with van der Waals surface area (Å²) in [7, 11) is 2.11. The predicted octanol–water partition coefficient (Wildman–Crippen LogP) is 0.652. The SMILES string of the molecule is Cc1csc(CC(N)C2CN(C)CCO2)n1. The molecule has 2 atom stereocenters. The Morgan fingerprint density at radius 2 is 2.56 bits per heavy atom. The Morgan fingerprint density at radius 1 is 1.75 bits per heavy atom. The Morgan fingerprint density at radius 3 is 3.19 bits per heavy atom. The van der Waals surface area contributed by atoms with Gasteiger partial charge in [0.05, 0.1) is 17.7 Å². The van der Waals surface area contributed by atoms with Crippen molar-refractivity contribution in [2.45, 2.75) is 25.5 Å². The third-order valence-corrected chi connectivity index (χ3v) is 3.84. The molecule has 5 heteroatoms. The molecule has 0 spiro atoms. The first-order valence-electron chi connectivity index (χ1n) is 5.62. The molecule has 2 rings (SSSR count). The molecule has 1 aromatic heterocycles. The van der Waals surface area contributed by atoms with Crippen LogP contribution in [0.15, 0.2) is 5.38 Å². The topological polar surface area (TPSA) is 51.4 Å². The molecular weight excluding hydrogens is 222 g/mol. The molecule has 2 heterocycles. The molecule has 1 saturated heterocycles. The van der Waals surface area contributed by atoms with Crippen LogP contribution in [0.3, 0.4) is 0 Å². The summed E-state index contributed by atoms with van der Waals surface area (Å²) in [5.41, 5.74) is 7.24. The number of likely N-dealkylation sites (N-methyl/N-ethyl adjacent to an activating group) is 1. The Balaban J connectivity index is 1.89. The van der Waals surface area contributed by atoms with E-state index in [9.17, 15) is 0 Å². The minimum Gasteiger partial charge on any atom is -0.374 e. The lowest BCUT2D eigenvalue weighted by Crippen LogP contribution is -2.50. The van der Waals surface area contributed by atoms with Crippen LogP contribution in [0.2, 0.25) is 0 Å². The first-order valence-corrected chi connectivity index (χ1v) is 6.50. The zero-order valence-corrected chi connectivity index (χ0v) is 10.7. The van der Waals surface area contributed by atoms with E-state index in [1.54, 1.807) is 11.3 Å². The average molecular weight is 241 g/mol. The molecule has 0 amide bonds. The number of nitrogens with zero attached hydrogens (tertiary/aromatic N) is 2. The molecule has 16 heavy (non-hydrogen) atoms. The van der Waals surface area contributed by atoms with Gasteiger partial charge in [0.15, 0.2) is 0 Å². The zero-order valence-electron chi connectivity index (χ0n) is 9.85. The van der Waals surface area contributed by atoms with Crippen LogP contribution < -0.4 is 5.73 Å². The summed E-state index contributed by atoms with van der Waals surface area (Å²) in [6, 6.07) is 0.0494. The third kappa shape index (κ3) is 3.01. The minimum absolute atomic E-state index is 0.0494. The van der Waals surface area contributed by atoms with Crippen LogP contribution in [0, 0.1) is 6.92 Å². The lowest BCUT2D eigenvalue weighted by molar-refractivity contribution is -0.0319. The quantitative estimate of drug-likeness (QED) is 0.844. The Kier molecular flexibility index (Phi) is 3.91. The largest absolute Gasteiger partial charge is 0.374 e. The zero-order chi connectivity index (χ0) is 11.5. The van der Waals surface area contributed by atoms with Gasteiger partial charge in [-0.05, 0) is 14.0 Å². The number of aryl methyl sites for hydroxylation is 1. The smallest absolute Gasteiger partial charge is 0.0944 e. The van der Waals surface area contributed by atoms with Gasteiger partial charge in [-0.2, -0.15) is 0 Å². The van der Waals surface area contributed by atoms with Gasteiger partial charge in [-0.15, -0.1) is 11.3 Å². The highest BCUT2D eigenvalue weighted by atomic mass is 32.1. The van der Waals surface area contributed by atoms with Crippen molar-refractivity contribution in [2.75, 3.05) is 26.7 Å². The molecule has 1 aliphatic heterocycles. The van der Waals surface area contributed by atoms with Gasteiger partial charge < -0.3 is 15.4 Å². The Hall–Kier alpha value is -0.490. The fourth-order valence-corrected chi connectivity index (χ4v) is 2.74. The van der Waals surface area contributed by atoms with Gasteiger partial charge in [0.1, 0.15) is 0 Å². The summed E-state index contributed by atoms with van der Waals surface area (Å²) in [6.07, 6.45) is 0.958. The van der Waals surface area contributed by atoms with Gasteiger partial charge >= 0.3 is 0 Å². The van der Waals surface area contributed by atoms with Crippen molar-refractivity contribution in [3.8, 4) is 0 Å². The number of nitrogens with two attached hydrogens (primary N) is 1. The summed E-state index contributed by atoms with van der Waals surface area (Å²) in [5.74, 6) is 0. The lowest BCUT2D eigenvalue weighted by Gasteiger charge is -2.33. The van der Waals surface area contributed by atoms with Gasteiger partial charge in [-0.3, -0.25) is 0 Å². The fourth-order valence-electron chi connectivity index (χ4n) is 1.90. The van der Waals surface area contributed by atoms with Gasteiger partial charge in [0.25, 0.3) is 0 Å². The molecule has 1 fully saturated rings. The van der Waals surface area contributed by atoms with E-state index in [0.29, 0.717) is 0 Å². The van der Waals surface area contributed by atoms with E-state index in [0.717, 1.165) is 36.8 Å². The maximum absolute atomic E-state index is 6.17. The van der Waals surface area contributed by atoms with Crippen molar-refractivity contribution in [3.05, 3.63) is 16.1 Å². The summed E-state index contributed by atoms with van der Waals surface area (Å²) in [6.45, 7) is 4.72. The van der Waals surface area contributed by atoms with Crippen molar-refractivity contribution in [1.82, 2.24) is 9.88 Å². The molecule has 0 aromatic carbocycles. The van der Waals surface area contributed by atoms with Crippen molar-refractivity contribution in [2.24, 2.45) is 5.73 Å². The average Bonchev–Trinajstić information content (AvgIpc) is 2.64. The van der Waals surface area contributed by atoms with Crippen molar-refractivity contribution in [3.63, 3.8) is 0 Å². The van der Waals surface area contributed by atoms with Crippen LogP contribution in [-0.4, -0.2) is 48.8 Å². The normalized spacial score (nSPS) is 24.6. The number of morpholine rings is 1. The molecule has 1 aromatic rings. The number of ether oxygens (including phenoxy) is 1. The number of hydrogen-bond donors (Lipinski definition) is 1. The van der Waals surface area contributed by atoms with Crippen molar-refractivity contribution >= 4 is 11.3 Å². The van der Waals surface area contributed by atoms with Gasteiger partial charge in [0.2, 0.25) is 0 Å². The molecule has 0 aliphatic carbocycles. The van der Waals surface area contributed by atoms with E-state index in [1.807, 2.05) is 6.92 Å². The second-order valence-corrected chi connectivity index (χ2v) is 5.36. The highest BCUT2D eigenvalue weighted by Crippen LogP contribution is 2.14. The standard InChI is InChI=1S/C11H19N3OS/c1-8-7-16-11(13-8)5-9(12)10-6-14(2)3-4-15-10/h7,9-10H,3-6,12H2,1-2H3. The van der Waals surface area contributed by atoms with Crippen LogP contribution in [0.4, 0.5) is 0 Å². The summed E-state index contributed by atoms with van der Waals surface area (Å²) < 4.78 is 5.70. The van der Waals surface area contributed by atoms with Gasteiger partial charge in [-0.25, -0.2) is 4.98 Å². The first-order chi connectivity index (χ1) is 7.65. The third-order valence-electron chi connectivity index (χ3n) is 2.85. The first kappa shape index (κ1) is 12.0. The van der Waals surface area contributed by atoms with Crippen LogP contribution in [-0.2, 0) is 11.2 Å². The molecule has 0 radical (unpaired) electrons. The molecule has 1 aliphatic rings. The molecule has 0 bridgehead atoms. The highest BCUT2D eigenvalue weighted by Gasteiger charge is 2.24. The fraction of sp³-hybridized carbons (Fsp3) is 0.727. The van der Waals surface area contributed by atoms with E-state index < -0.39 is 0 Å².